The molecule has 4 nitrogen and oxygen atoms in total. The third-order valence-corrected chi connectivity index (χ3v) is 1.95. The van der Waals surface area contributed by atoms with Crippen LogP contribution in [0.25, 0.3) is 10.9 Å². The normalized spacial score (nSPS) is 10.1. The number of benzene rings is 1. The first-order chi connectivity index (χ1) is 6.72. The van der Waals surface area contributed by atoms with E-state index in [2.05, 4.69) is 10.1 Å². The molecule has 0 bridgehead atoms. The van der Waals surface area contributed by atoms with E-state index in [4.69, 9.17) is 0 Å². The summed E-state index contributed by atoms with van der Waals surface area (Å²) in [5.41, 5.74) is 0.596. The molecule has 0 spiro atoms. The maximum absolute atomic E-state index is 12.9. The van der Waals surface area contributed by atoms with Crippen LogP contribution in [-0.4, -0.2) is 15.9 Å². The highest BCUT2D eigenvalue weighted by Crippen LogP contribution is 2.24. The minimum absolute atomic E-state index is 0.262. The minimum Gasteiger partial charge on any atom is -0.266 e. The highest BCUT2D eigenvalue weighted by atomic mass is 19.1. The van der Waals surface area contributed by atoms with Crippen LogP contribution in [0.15, 0.2) is 23.2 Å². The number of aryl methyl sites for hydroxylation is 1. The molecule has 0 atom stereocenters. The molecule has 1 aromatic carbocycles. The number of aromatic nitrogens is 2. The molecule has 0 aliphatic rings. The highest BCUT2D eigenvalue weighted by Gasteiger charge is 2.07. The molecule has 0 saturated carbocycles. The van der Waals surface area contributed by atoms with Crippen molar-refractivity contribution in [2.24, 2.45) is 12.0 Å². The van der Waals surface area contributed by atoms with Crippen LogP contribution in [0.3, 0.4) is 0 Å². The lowest BCUT2D eigenvalue weighted by Crippen LogP contribution is -1.88. The molecule has 0 amide bonds. The van der Waals surface area contributed by atoms with E-state index in [0.717, 1.165) is 0 Å². The Kier molecular flexibility index (Phi) is 1.87. The lowest BCUT2D eigenvalue weighted by molar-refractivity contribution is 0.565. The van der Waals surface area contributed by atoms with Gasteiger partial charge in [0.15, 0.2) is 5.82 Å². The fourth-order valence-corrected chi connectivity index (χ4v) is 1.34. The summed E-state index contributed by atoms with van der Waals surface area (Å²) < 4.78 is 14.3. The van der Waals surface area contributed by atoms with Crippen molar-refractivity contribution in [3.63, 3.8) is 0 Å². The van der Waals surface area contributed by atoms with Crippen LogP contribution in [0.2, 0.25) is 0 Å². The van der Waals surface area contributed by atoms with Gasteiger partial charge in [0.1, 0.15) is 5.82 Å². The third-order valence-electron chi connectivity index (χ3n) is 1.95. The second-order valence-electron chi connectivity index (χ2n) is 2.81. The maximum atomic E-state index is 12.9. The Morgan fingerprint density at radius 1 is 1.57 bits per heavy atom. The zero-order chi connectivity index (χ0) is 10.1. The number of aliphatic imine (C=N–C) groups is 1. The Bertz CT molecular complexity index is 540. The number of carbonyl (C=O) groups excluding carboxylic acids is 1. The number of hydrogen-bond acceptors (Lipinski definition) is 3. The average Bonchev–Trinajstić information content (AvgIpc) is 2.44. The maximum Gasteiger partial charge on any atom is 0.242 e. The van der Waals surface area contributed by atoms with E-state index >= 15 is 0 Å². The predicted molar refractivity (Wildman–Crippen MR) is 48.5 cm³/mol. The zero-order valence-corrected chi connectivity index (χ0v) is 7.36. The van der Waals surface area contributed by atoms with Crippen molar-refractivity contribution in [3.05, 3.63) is 24.0 Å². The van der Waals surface area contributed by atoms with Gasteiger partial charge in [0.25, 0.3) is 0 Å². The molecule has 1 aromatic heterocycles. The molecule has 0 N–H and O–H groups in total. The standard InChI is InChI=1S/C9H6FN3O/c1-13-8-4-6(10)2-3-7(8)9(12-13)11-5-14/h2-4H,1H3. The number of nitrogens with zero attached hydrogens (tertiary/aromatic N) is 3. The van der Waals surface area contributed by atoms with Crippen LogP contribution >= 0.6 is 0 Å². The van der Waals surface area contributed by atoms with Gasteiger partial charge in [0.05, 0.1) is 5.52 Å². The summed E-state index contributed by atoms with van der Waals surface area (Å²) in [4.78, 5) is 13.5. The molecule has 0 unspecified atom stereocenters. The van der Waals surface area contributed by atoms with Crippen molar-refractivity contribution in [1.82, 2.24) is 9.78 Å². The van der Waals surface area contributed by atoms with E-state index in [9.17, 15) is 9.18 Å². The largest absolute Gasteiger partial charge is 0.266 e. The summed E-state index contributed by atoms with van der Waals surface area (Å²) in [5.74, 6) is -0.0837. The highest BCUT2D eigenvalue weighted by molar-refractivity contribution is 5.89. The molecule has 14 heavy (non-hydrogen) atoms. The fourth-order valence-electron chi connectivity index (χ4n) is 1.34. The summed E-state index contributed by atoms with van der Waals surface area (Å²) in [7, 11) is 1.66. The Labute approximate surface area is 78.7 Å². The summed E-state index contributed by atoms with van der Waals surface area (Å²) in [5, 5.41) is 4.58. The molecule has 0 radical (unpaired) electrons. The van der Waals surface area contributed by atoms with Gasteiger partial charge in [0.2, 0.25) is 6.08 Å². The zero-order valence-electron chi connectivity index (χ0n) is 7.36. The SMILES string of the molecule is Cn1nc(N=C=O)c2ccc(F)cc21. The molecule has 2 rings (SSSR count). The van der Waals surface area contributed by atoms with Gasteiger partial charge in [-0.3, -0.25) is 4.68 Å². The number of hydrogen-bond donors (Lipinski definition) is 0. The Morgan fingerprint density at radius 2 is 2.36 bits per heavy atom. The van der Waals surface area contributed by atoms with Crippen molar-refractivity contribution in [2.45, 2.75) is 0 Å². The van der Waals surface area contributed by atoms with Gasteiger partial charge >= 0.3 is 0 Å². The van der Waals surface area contributed by atoms with Crippen molar-refractivity contribution in [3.8, 4) is 0 Å². The van der Waals surface area contributed by atoms with Crippen LogP contribution in [0.1, 0.15) is 0 Å². The summed E-state index contributed by atoms with van der Waals surface area (Å²) >= 11 is 0. The first-order valence-electron chi connectivity index (χ1n) is 3.92. The van der Waals surface area contributed by atoms with Crippen molar-refractivity contribution in [2.75, 3.05) is 0 Å². The quantitative estimate of drug-likeness (QED) is 0.508. The summed E-state index contributed by atoms with van der Waals surface area (Å²) in [6.45, 7) is 0. The molecular formula is C9H6FN3O. The molecule has 5 heteroatoms. The molecule has 0 fully saturated rings. The van der Waals surface area contributed by atoms with Crippen LogP contribution < -0.4 is 0 Å². The second kappa shape index (κ2) is 3.05. The Balaban J connectivity index is 2.83. The molecule has 70 valence electrons. The molecule has 0 aliphatic carbocycles. The molecule has 0 saturated heterocycles. The van der Waals surface area contributed by atoms with Gasteiger partial charge in [-0.1, -0.05) is 0 Å². The number of fused-ring (bicyclic) bond motifs is 1. The van der Waals surface area contributed by atoms with Crippen LogP contribution in [-0.2, 0) is 11.8 Å². The van der Waals surface area contributed by atoms with Crippen LogP contribution in [0.4, 0.5) is 10.2 Å². The van der Waals surface area contributed by atoms with Crippen molar-refractivity contribution < 1.29 is 9.18 Å². The van der Waals surface area contributed by atoms with Gasteiger partial charge in [0, 0.05) is 12.4 Å². The average molecular weight is 191 g/mol. The topological polar surface area (TPSA) is 47.2 Å². The van der Waals surface area contributed by atoms with Gasteiger partial charge in [-0.05, 0) is 18.2 Å². The smallest absolute Gasteiger partial charge is 0.242 e. The number of rotatable bonds is 1. The lowest BCUT2D eigenvalue weighted by atomic mass is 10.2. The van der Waals surface area contributed by atoms with Crippen LogP contribution in [0, 0.1) is 5.82 Å². The first kappa shape index (κ1) is 8.59. The Morgan fingerprint density at radius 3 is 3.07 bits per heavy atom. The number of isocyanates is 1. The van der Waals surface area contributed by atoms with Crippen molar-refractivity contribution >= 4 is 22.8 Å². The van der Waals surface area contributed by atoms with E-state index in [1.165, 1.54) is 29.0 Å². The van der Waals surface area contributed by atoms with E-state index < -0.39 is 0 Å². The van der Waals surface area contributed by atoms with Gasteiger partial charge in [-0.25, -0.2) is 9.18 Å². The third kappa shape index (κ3) is 1.20. The van der Waals surface area contributed by atoms with Gasteiger partial charge < -0.3 is 0 Å². The summed E-state index contributed by atoms with van der Waals surface area (Å²) in [6.07, 6.45) is 1.41. The fraction of sp³-hybridized carbons (Fsp3) is 0.111. The summed E-state index contributed by atoms with van der Waals surface area (Å²) in [6, 6.07) is 4.17. The van der Waals surface area contributed by atoms with E-state index in [1.54, 1.807) is 7.05 Å². The van der Waals surface area contributed by atoms with E-state index in [-0.39, 0.29) is 11.6 Å². The van der Waals surface area contributed by atoms with Crippen molar-refractivity contribution in [1.29, 1.82) is 0 Å². The lowest BCUT2D eigenvalue weighted by Gasteiger charge is -1.92. The molecule has 0 aliphatic heterocycles. The Hall–Kier alpha value is -2.00. The van der Waals surface area contributed by atoms with E-state index in [1.807, 2.05) is 0 Å². The monoisotopic (exact) mass is 191 g/mol. The molecule has 1 heterocycles. The number of halogens is 1. The van der Waals surface area contributed by atoms with E-state index in [0.29, 0.717) is 10.9 Å². The minimum atomic E-state index is -0.345. The van der Waals surface area contributed by atoms with Gasteiger partial charge in [-0.2, -0.15) is 5.10 Å². The second-order valence-corrected chi connectivity index (χ2v) is 2.81. The first-order valence-corrected chi connectivity index (χ1v) is 3.92. The van der Waals surface area contributed by atoms with Gasteiger partial charge in [-0.15, -0.1) is 4.99 Å². The molecule has 2 aromatic rings. The molecular weight excluding hydrogens is 185 g/mol. The van der Waals surface area contributed by atoms with Crippen LogP contribution in [0.5, 0.6) is 0 Å². The predicted octanol–water partition coefficient (Wildman–Crippen LogP) is 1.68.